The predicted molar refractivity (Wildman–Crippen MR) is 105 cm³/mol. The van der Waals surface area contributed by atoms with Crippen LogP contribution in [0, 0.1) is 0 Å². The number of nitrogens with zero attached hydrogens (tertiary/aromatic N) is 2. The van der Waals surface area contributed by atoms with Crippen LogP contribution in [-0.4, -0.2) is 24.9 Å². The summed E-state index contributed by atoms with van der Waals surface area (Å²) in [5.41, 5.74) is 1.93. The van der Waals surface area contributed by atoms with E-state index in [9.17, 15) is 0 Å². The van der Waals surface area contributed by atoms with Gasteiger partial charge in [0.1, 0.15) is 11.4 Å². The highest BCUT2D eigenvalue weighted by atomic mass is 35.5. The third-order valence-corrected chi connectivity index (χ3v) is 5.64. The largest absolute Gasteiger partial charge is 0.492 e. The fourth-order valence-electron chi connectivity index (χ4n) is 2.40. The molecule has 0 fully saturated rings. The zero-order valence-electron chi connectivity index (χ0n) is 14.1. The van der Waals surface area contributed by atoms with E-state index in [0.717, 1.165) is 37.7 Å². The van der Waals surface area contributed by atoms with Crippen LogP contribution in [0.4, 0.5) is 5.69 Å². The molecule has 0 unspecified atom stereocenters. The molecule has 0 bridgehead atoms. The van der Waals surface area contributed by atoms with E-state index in [1.54, 1.807) is 29.8 Å². The first-order valence-corrected chi connectivity index (χ1v) is 10.00. The topological polar surface area (TPSA) is 35.8 Å². The highest BCUT2D eigenvalue weighted by Gasteiger charge is 2.11. The van der Waals surface area contributed by atoms with Gasteiger partial charge in [-0.05, 0) is 31.2 Å². The summed E-state index contributed by atoms with van der Waals surface area (Å²) < 4.78 is 13.9. The fourth-order valence-corrected chi connectivity index (χ4v) is 4.48. The van der Waals surface area contributed by atoms with Crippen LogP contribution in [0.1, 0.15) is 6.92 Å². The van der Waals surface area contributed by atoms with Crippen LogP contribution < -0.4 is 9.54 Å². The van der Waals surface area contributed by atoms with Crippen molar-refractivity contribution in [3.63, 3.8) is 0 Å². The fraction of sp³-hybridized carbons (Fsp3) is 0.278. The van der Waals surface area contributed by atoms with Crippen LogP contribution >= 0.6 is 34.3 Å². The summed E-state index contributed by atoms with van der Waals surface area (Å²) in [5, 5.41) is 2.11. The summed E-state index contributed by atoms with van der Waals surface area (Å²) in [6, 6.07) is 11.8. The third-order valence-electron chi connectivity index (χ3n) is 3.52. The Balaban J connectivity index is 2.08. The maximum absolute atomic E-state index is 6.11. The molecule has 2 heterocycles. The van der Waals surface area contributed by atoms with Crippen LogP contribution in [0.3, 0.4) is 0 Å². The van der Waals surface area contributed by atoms with Gasteiger partial charge in [-0.25, -0.2) is 4.99 Å². The highest BCUT2D eigenvalue weighted by molar-refractivity contribution is 7.19. The summed E-state index contributed by atoms with van der Waals surface area (Å²) in [7, 11) is 1.70. The van der Waals surface area contributed by atoms with Crippen molar-refractivity contribution >= 4 is 40.0 Å². The lowest BCUT2D eigenvalue weighted by Crippen LogP contribution is -2.18. The molecule has 0 aliphatic heterocycles. The average molecular weight is 395 g/mol. The van der Waals surface area contributed by atoms with E-state index in [2.05, 4.69) is 9.95 Å². The Labute approximate surface area is 160 Å². The Hall–Kier alpha value is -1.60. The molecular weight excluding hydrogens is 376 g/mol. The average Bonchev–Trinajstić information content (AvgIpc) is 3.21. The van der Waals surface area contributed by atoms with Crippen LogP contribution in [0.25, 0.3) is 10.6 Å². The SMILES string of the molecule is CCOc1ccccc1N=c1scc(-c2ccc(Cl)s2)n1CCOC. The molecule has 25 heavy (non-hydrogen) atoms. The number of halogens is 1. The lowest BCUT2D eigenvalue weighted by Gasteiger charge is -2.08. The van der Waals surface area contributed by atoms with Gasteiger partial charge < -0.3 is 14.0 Å². The van der Waals surface area contributed by atoms with Crippen molar-refractivity contribution in [2.24, 2.45) is 4.99 Å². The van der Waals surface area contributed by atoms with Gasteiger partial charge in [0.15, 0.2) is 4.80 Å². The number of aromatic nitrogens is 1. The Morgan fingerprint density at radius 1 is 1.20 bits per heavy atom. The van der Waals surface area contributed by atoms with Gasteiger partial charge in [0.05, 0.1) is 28.1 Å². The number of thiazole rings is 1. The first kappa shape index (κ1) is 18.2. The van der Waals surface area contributed by atoms with Crippen molar-refractivity contribution < 1.29 is 9.47 Å². The quantitative estimate of drug-likeness (QED) is 0.551. The minimum absolute atomic E-state index is 0.611. The number of hydrogen-bond donors (Lipinski definition) is 0. The highest BCUT2D eigenvalue weighted by Crippen LogP contribution is 2.32. The zero-order valence-corrected chi connectivity index (χ0v) is 16.5. The van der Waals surface area contributed by atoms with Crippen molar-refractivity contribution in [2.45, 2.75) is 13.5 Å². The number of ether oxygens (including phenoxy) is 2. The van der Waals surface area contributed by atoms with E-state index in [0.29, 0.717) is 13.2 Å². The zero-order chi connectivity index (χ0) is 17.6. The molecule has 0 amide bonds. The summed E-state index contributed by atoms with van der Waals surface area (Å²) >= 11 is 9.27. The van der Waals surface area contributed by atoms with Gasteiger partial charge in [0.25, 0.3) is 0 Å². The number of rotatable bonds is 7. The minimum atomic E-state index is 0.611. The Bertz CT molecular complexity index is 898. The Morgan fingerprint density at radius 2 is 2.04 bits per heavy atom. The Kier molecular flexibility index (Phi) is 6.31. The monoisotopic (exact) mass is 394 g/mol. The minimum Gasteiger partial charge on any atom is -0.492 e. The molecule has 3 aromatic rings. The molecule has 7 heteroatoms. The maximum atomic E-state index is 6.11. The van der Waals surface area contributed by atoms with Crippen LogP contribution in [0.15, 0.2) is 46.8 Å². The van der Waals surface area contributed by atoms with E-state index >= 15 is 0 Å². The molecule has 0 spiro atoms. The van der Waals surface area contributed by atoms with Gasteiger partial charge in [-0.1, -0.05) is 23.7 Å². The molecule has 2 aromatic heterocycles. The lowest BCUT2D eigenvalue weighted by atomic mass is 10.3. The lowest BCUT2D eigenvalue weighted by molar-refractivity contribution is 0.187. The second kappa shape index (κ2) is 8.67. The van der Waals surface area contributed by atoms with Gasteiger partial charge in [-0.15, -0.1) is 22.7 Å². The number of methoxy groups -OCH3 is 1. The number of hydrogen-bond acceptors (Lipinski definition) is 5. The second-order valence-corrected chi connectivity index (χ2v) is 7.72. The van der Waals surface area contributed by atoms with Crippen LogP contribution in [-0.2, 0) is 11.3 Å². The number of thiophene rings is 1. The molecule has 4 nitrogen and oxygen atoms in total. The molecule has 0 aliphatic rings. The van der Waals surface area contributed by atoms with Gasteiger partial charge in [0, 0.05) is 19.0 Å². The number of benzene rings is 1. The molecule has 0 radical (unpaired) electrons. The summed E-state index contributed by atoms with van der Waals surface area (Å²) in [6.07, 6.45) is 0. The molecule has 0 N–H and O–H groups in total. The predicted octanol–water partition coefficient (Wildman–Crippen LogP) is 5.21. The van der Waals surface area contributed by atoms with Crippen molar-refractivity contribution in [2.75, 3.05) is 20.3 Å². The van der Waals surface area contributed by atoms with E-state index < -0.39 is 0 Å². The van der Waals surface area contributed by atoms with Gasteiger partial charge in [-0.2, -0.15) is 0 Å². The van der Waals surface area contributed by atoms with E-state index in [1.807, 2.05) is 43.3 Å². The molecule has 3 rings (SSSR count). The Morgan fingerprint density at radius 3 is 2.76 bits per heavy atom. The van der Waals surface area contributed by atoms with Gasteiger partial charge >= 0.3 is 0 Å². The van der Waals surface area contributed by atoms with Crippen molar-refractivity contribution in [3.05, 3.63) is 50.9 Å². The van der Waals surface area contributed by atoms with E-state index in [1.165, 1.54) is 0 Å². The van der Waals surface area contributed by atoms with Crippen molar-refractivity contribution in [1.82, 2.24) is 4.57 Å². The second-order valence-electron chi connectivity index (χ2n) is 5.16. The first-order valence-electron chi connectivity index (χ1n) is 7.92. The van der Waals surface area contributed by atoms with Crippen LogP contribution in [0.2, 0.25) is 4.34 Å². The van der Waals surface area contributed by atoms with Crippen LogP contribution in [0.5, 0.6) is 5.75 Å². The van der Waals surface area contributed by atoms with Crippen molar-refractivity contribution in [3.8, 4) is 16.3 Å². The van der Waals surface area contributed by atoms with E-state index in [-0.39, 0.29) is 0 Å². The van der Waals surface area contributed by atoms with Gasteiger partial charge in [0.2, 0.25) is 0 Å². The smallest absolute Gasteiger partial charge is 0.190 e. The normalized spacial score (nSPS) is 11.9. The maximum Gasteiger partial charge on any atom is 0.190 e. The third kappa shape index (κ3) is 4.33. The molecule has 0 saturated heterocycles. The van der Waals surface area contributed by atoms with E-state index in [4.69, 9.17) is 26.1 Å². The molecule has 0 aliphatic carbocycles. The molecule has 1 aromatic carbocycles. The standard InChI is InChI=1S/C18H19ClN2O2S2/c1-3-23-15-7-5-4-6-13(15)20-18-21(10-11-22-2)14(12-24-18)16-8-9-17(19)25-16/h4-9,12H,3,10-11H2,1-2H3. The first-order chi connectivity index (χ1) is 12.2. The molecule has 0 atom stereocenters. The molecule has 132 valence electrons. The molecular formula is C18H19ClN2O2S2. The summed E-state index contributed by atoms with van der Waals surface area (Å²) in [4.78, 5) is 6.87. The van der Waals surface area contributed by atoms with Gasteiger partial charge in [-0.3, -0.25) is 0 Å². The molecule has 0 saturated carbocycles. The summed E-state index contributed by atoms with van der Waals surface area (Å²) in [6.45, 7) is 3.92. The number of para-hydroxylation sites is 2. The summed E-state index contributed by atoms with van der Waals surface area (Å²) in [5.74, 6) is 0.789. The van der Waals surface area contributed by atoms with Crippen molar-refractivity contribution in [1.29, 1.82) is 0 Å².